The number of aromatic amines is 1. The highest BCUT2D eigenvalue weighted by molar-refractivity contribution is 5.77. The molecule has 1 aliphatic rings. The van der Waals surface area contributed by atoms with Gasteiger partial charge in [0.15, 0.2) is 0 Å². The zero-order valence-electron chi connectivity index (χ0n) is 16.9. The van der Waals surface area contributed by atoms with Crippen molar-refractivity contribution in [2.24, 2.45) is 0 Å². The molecule has 0 saturated carbocycles. The van der Waals surface area contributed by atoms with Gasteiger partial charge in [-0.1, -0.05) is 42.5 Å². The van der Waals surface area contributed by atoms with E-state index in [1.807, 2.05) is 24.3 Å². The smallest absolute Gasteiger partial charge is 0.258 e. The highest BCUT2D eigenvalue weighted by atomic mass is 16.1. The third kappa shape index (κ3) is 3.73. The van der Waals surface area contributed by atoms with Gasteiger partial charge in [-0.3, -0.25) is 14.6 Å². The minimum Gasteiger partial charge on any atom is -0.309 e. The largest absolute Gasteiger partial charge is 0.309 e. The molecule has 2 heterocycles. The number of benzene rings is 2. The lowest BCUT2D eigenvalue weighted by Gasteiger charge is -2.48. The number of fused-ring (bicyclic) bond motifs is 1. The topological polar surface area (TPSA) is 52.2 Å². The van der Waals surface area contributed by atoms with Gasteiger partial charge in [-0.05, 0) is 38.5 Å². The number of para-hydroxylation sites is 1. The molecule has 1 unspecified atom stereocenters. The fourth-order valence-electron chi connectivity index (χ4n) is 4.13. The summed E-state index contributed by atoms with van der Waals surface area (Å²) in [6.07, 6.45) is 0. The lowest BCUT2D eigenvalue weighted by atomic mass is 9.96. The van der Waals surface area contributed by atoms with Crippen LogP contribution in [0.2, 0.25) is 0 Å². The lowest BCUT2D eigenvalue weighted by molar-refractivity contribution is -0.00424. The highest BCUT2D eigenvalue weighted by Gasteiger charge is 2.36. The predicted octanol–water partition coefficient (Wildman–Crippen LogP) is 3.58. The lowest BCUT2D eigenvalue weighted by Crippen LogP contribution is -2.59. The number of hydrogen-bond acceptors (Lipinski definition) is 4. The third-order valence-electron chi connectivity index (χ3n) is 5.89. The van der Waals surface area contributed by atoms with E-state index in [-0.39, 0.29) is 17.1 Å². The molecule has 0 spiro atoms. The van der Waals surface area contributed by atoms with Gasteiger partial charge < -0.3 is 4.98 Å². The van der Waals surface area contributed by atoms with Crippen LogP contribution in [0, 0.1) is 0 Å². The van der Waals surface area contributed by atoms with Crippen molar-refractivity contribution in [3.05, 3.63) is 76.3 Å². The average Bonchev–Trinajstić information content (AvgIpc) is 2.69. The van der Waals surface area contributed by atoms with Crippen LogP contribution in [0.1, 0.15) is 38.2 Å². The number of nitrogens with zero attached hydrogens (tertiary/aromatic N) is 3. The second kappa shape index (κ2) is 7.49. The summed E-state index contributed by atoms with van der Waals surface area (Å²) in [5, 5.41) is 0.645. The van der Waals surface area contributed by atoms with Crippen molar-refractivity contribution >= 4 is 10.9 Å². The summed E-state index contributed by atoms with van der Waals surface area (Å²) in [6, 6.07) is 18.2. The maximum atomic E-state index is 12.4. The molecule has 2 aromatic carbocycles. The second-order valence-corrected chi connectivity index (χ2v) is 8.33. The maximum Gasteiger partial charge on any atom is 0.258 e. The zero-order valence-corrected chi connectivity index (χ0v) is 16.9. The quantitative estimate of drug-likeness (QED) is 0.756. The third-order valence-corrected chi connectivity index (χ3v) is 5.89. The summed E-state index contributed by atoms with van der Waals surface area (Å²) in [5.74, 6) is 0.746. The number of hydrogen-bond donors (Lipinski definition) is 1. The molecule has 5 heteroatoms. The summed E-state index contributed by atoms with van der Waals surface area (Å²) >= 11 is 0. The standard InChI is InChI=1S/C23H28N4O/c1-17(21-24-20-12-8-7-11-19(20)22(28)25-21)26-13-14-27(23(2,3)16-26)15-18-9-5-4-6-10-18/h4-12,17H,13-16H2,1-3H3,(H,24,25,28). The van der Waals surface area contributed by atoms with Crippen molar-refractivity contribution in [2.75, 3.05) is 19.6 Å². The van der Waals surface area contributed by atoms with Crippen LogP contribution in [-0.2, 0) is 6.54 Å². The molecule has 3 aromatic rings. The summed E-state index contributed by atoms with van der Waals surface area (Å²) < 4.78 is 0. The Hall–Kier alpha value is -2.50. The van der Waals surface area contributed by atoms with Gasteiger partial charge in [0, 0.05) is 31.7 Å². The van der Waals surface area contributed by atoms with Crippen LogP contribution in [0.3, 0.4) is 0 Å². The Morgan fingerprint density at radius 1 is 1.07 bits per heavy atom. The van der Waals surface area contributed by atoms with E-state index in [4.69, 9.17) is 4.98 Å². The van der Waals surface area contributed by atoms with Gasteiger partial charge in [-0.15, -0.1) is 0 Å². The Bertz CT molecular complexity index is 1010. The number of piperazine rings is 1. The Labute approximate surface area is 166 Å². The molecule has 1 atom stereocenters. The monoisotopic (exact) mass is 376 g/mol. The Morgan fingerprint density at radius 2 is 1.79 bits per heavy atom. The summed E-state index contributed by atoms with van der Waals surface area (Å²) in [5.41, 5.74) is 2.08. The van der Waals surface area contributed by atoms with Crippen LogP contribution in [0.25, 0.3) is 10.9 Å². The van der Waals surface area contributed by atoms with Crippen molar-refractivity contribution in [3.8, 4) is 0 Å². The van der Waals surface area contributed by atoms with Gasteiger partial charge in [0.2, 0.25) is 0 Å². The van der Waals surface area contributed by atoms with E-state index in [1.165, 1.54) is 5.56 Å². The van der Waals surface area contributed by atoms with E-state index in [2.05, 4.69) is 65.9 Å². The molecule has 0 radical (unpaired) electrons. The zero-order chi connectivity index (χ0) is 19.7. The fraction of sp³-hybridized carbons (Fsp3) is 0.391. The molecular weight excluding hydrogens is 348 g/mol. The molecule has 0 amide bonds. The van der Waals surface area contributed by atoms with Crippen molar-refractivity contribution in [2.45, 2.75) is 38.9 Å². The molecule has 28 heavy (non-hydrogen) atoms. The van der Waals surface area contributed by atoms with E-state index in [1.54, 1.807) is 0 Å². The fourth-order valence-corrected chi connectivity index (χ4v) is 4.13. The first-order valence-corrected chi connectivity index (χ1v) is 9.96. The molecule has 1 aliphatic heterocycles. The highest BCUT2D eigenvalue weighted by Crippen LogP contribution is 2.28. The number of aromatic nitrogens is 2. The first-order chi connectivity index (χ1) is 13.4. The van der Waals surface area contributed by atoms with E-state index in [0.717, 1.165) is 37.5 Å². The first-order valence-electron chi connectivity index (χ1n) is 9.96. The Morgan fingerprint density at radius 3 is 2.54 bits per heavy atom. The van der Waals surface area contributed by atoms with Crippen LogP contribution < -0.4 is 5.56 Å². The van der Waals surface area contributed by atoms with Crippen LogP contribution in [0.15, 0.2) is 59.4 Å². The van der Waals surface area contributed by atoms with Crippen molar-refractivity contribution < 1.29 is 0 Å². The molecular formula is C23H28N4O. The molecule has 1 saturated heterocycles. The Balaban J connectivity index is 1.52. The van der Waals surface area contributed by atoms with E-state index < -0.39 is 0 Å². The summed E-state index contributed by atoms with van der Waals surface area (Å²) in [4.78, 5) is 25.2. The molecule has 5 nitrogen and oxygen atoms in total. The van der Waals surface area contributed by atoms with Crippen molar-refractivity contribution in [1.82, 2.24) is 19.8 Å². The van der Waals surface area contributed by atoms with Gasteiger partial charge in [0.1, 0.15) is 5.82 Å². The second-order valence-electron chi connectivity index (χ2n) is 8.33. The average molecular weight is 377 g/mol. The van der Waals surface area contributed by atoms with Crippen molar-refractivity contribution in [1.29, 1.82) is 0 Å². The predicted molar refractivity (Wildman–Crippen MR) is 113 cm³/mol. The molecule has 0 bridgehead atoms. The van der Waals surface area contributed by atoms with E-state index in [9.17, 15) is 4.79 Å². The molecule has 4 rings (SSSR count). The molecule has 1 fully saturated rings. The minimum atomic E-state index is -0.0607. The maximum absolute atomic E-state index is 12.4. The summed E-state index contributed by atoms with van der Waals surface area (Å²) in [7, 11) is 0. The minimum absolute atomic E-state index is 0.0412. The van der Waals surface area contributed by atoms with Crippen LogP contribution >= 0.6 is 0 Å². The van der Waals surface area contributed by atoms with Gasteiger partial charge in [-0.25, -0.2) is 4.98 Å². The van der Waals surface area contributed by atoms with Crippen molar-refractivity contribution in [3.63, 3.8) is 0 Å². The van der Waals surface area contributed by atoms with Crippen LogP contribution in [0.5, 0.6) is 0 Å². The SMILES string of the molecule is CC(c1nc2ccccc2c(=O)[nH]1)N1CCN(Cc2ccccc2)C(C)(C)C1. The van der Waals surface area contributed by atoms with E-state index in [0.29, 0.717) is 5.39 Å². The van der Waals surface area contributed by atoms with Gasteiger partial charge in [0.25, 0.3) is 5.56 Å². The molecule has 0 aliphatic carbocycles. The number of nitrogens with one attached hydrogen (secondary N) is 1. The van der Waals surface area contributed by atoms with Gasteiger partial charge in [0.05, 0.1) is 16.9 Å². The van der Waals surface area contributed by atoms with Gasteiger partial charge in [-0.2, -0.15) is 0 Å². The number of rotatable bonds is 4. The Kier molecular flexibility index (Phi) is 5.04. The summed E-state index contributed by atoms with van der Waals surface area (Å²) in [6.45, 7) is 10.6. The normalized spacial score (nSPS) is 19.0. The van der Waals surface area contributed by atoms with Gasteiger partial charge >= 0.3 is 0 Å². The van der Waals surface area contributed by atoms with E-state index >= 15 is 0 Å². The van der Waals surface area contributed by atoms with Crippen LogP contribution in [-0.4, -0.2) is 44.9 Å². The van der Waals surface area contributed by atoms with Crippen LogP contribution in [0.4, 0.5) is 0 Å². The molecule has 1 aromatic heterocycles. The first kappa shape index (κ1) is 18.8. The number of H-pyrrole nitrogens is 1. The molecule has 1 N–H and O–H groups in total. The molecule has 146 valence electrons.